The summed E-state index contributed by atoms with van der Waals surface area (Å²) in [6.07, 6.45) is 5.19. The second-order valence-electron chi connectivity index (χ2n) is 4.92. The van der Waals surface area contributed by atoms with Crippen molar-refractivity contribution in [3.63, 3.8) is 0 Å². The Balaban J connectivity index is 0.00000128. The second kappa shape index (κ2) is 10.4. The van der Waals surface area contributed by atoms with E-state index in [2.05, 4.69) is 10.6 Å². The summed E-state index contributed by atoms with van der Waals surface area (Å²) in [6.45, 7) is 6.71. The van der Waals surface area contributed by atoms with E-state index >= 15 is 0 Å². The number of nitrogens with one attached hydrogen (secondary N) is 2. The van der Waals surface area contributed by atoms with E-state index < -0.39 is 0 Å². The van der Waals surface area contributed by atoms with Gasteiger partial charge in [0.05, 0.1) is 0 Å². The van der Waals surface area contributed by atoms with Crippen molar-refractivity contribution >= 4 is 24.8 Å². The molecule has 0 amide bonds. The van der Waals surface area contributed by atoms with Gasteiger partial charge in [0.25, 0.3) is 0 Å². The van der Waals surface area contributed by atoms with E-state index in [-0.39, 0.29) is 24.8 Å². The fourth-order valence-corrected chi connectivity index (χ4v) is 2.50. The first-order valence-electron chi connectivity index (χ1n) is 6.44. The van der Waals surface area contributed by atoms with Crippen molar-refractivity contribution in [2.75, 3.05) is 39.4 Å². The third kappa shape index (κ3) is 6.82. The van der Waals surface area contributed by atoms with Crippen LogP contribution < -0.4 is 10.6 Å². The summed E-state index contributed by atoms with van der Waals surface area (Å²) >= 11 is 0. The number of halogens is 2. The zero-order chi connectivity index (χ0) is 10.3. The highest BCUT2D eigenvalue weighted by atomic mass is 35.5. The van der Waals surface area contributed by atoms with Crippen LogP contribution in [0.3, 0.4) is 0 Å². The minimum absolute atomic E-state index is 0. The van der Waals surface area contributed by atoms with Crippen molar-refractivity contribution in [3.05, 3.63) is 0 Å². The first-order chi connectivity index (χ1) is 7.45. The molecule has 2 rings (SSSR count). The lowest BCUT2D eigenvalue weighted by Gasteiger charge is -2.25. The summed E-state index contributed by atoms with van der Waals surface area (Å²) in [7, 11) is 0. The average Bonchev–Trinajstić information content (AvgIpc) is 2.32. The van der Waals surface area contributed by atoms with E-state index in [4.69, 9.17) is 4.74 Å². The van der Waals surface area contributed by atoms with E-state index in [1.54, 1.807) is 0 Å². The van der Waals surface area contributed by atoms with Crippen LogP contribution in [0.1, 0.15) is 25.7 Å². The molecule has 104 valence electrons. The molecule has 2 aliphatic rings. The summed E-state index contributed by atoms with van der Waals surface area (Å²) in [4.78, 5) is 0. The molecule has 2 aliphatic heterocycles. The molecular formula is C12H26Cl2N2O. The molecule has 17 heavy (non-hydrogen) atoms. The Morgan fingerprint density at radius 1 is 0.706 bits per heavy atom. The molecule has 0 spiro atoms. The van der Waals surface area contributed by atoms with Gasteiger partial charge in [-0.25, -0.2) is 0 Å². The number of piperidine rings is 2. The molecule has 0 aromatic rings. The molecule has 0 radical (unpaired) electrons. The molecular weight excluding hydrogens is 259 g/mol. The van der Waals surface area contributed by atoms with Crippen molar-refractivity contribution in [3.8, 4) is 0 Å². The number of hydrogen-bond donors (Lipinski definition) is 2. The molecule has 0 saturated carbocycles. The maximum atomic E-state index is 5.86. The van der Waals surface area contributed by atoms with E-state index in [1.165, 1.54) is 51.9 Å². The molecule has 0 unspecified atom stereocenters. The molecule has 2 heterocycles. The molecule has 0 bridgehead atoms. The van der Waals surface area contributed by atoms with Crippen LogP contribution in [0.4, 0.5) is 0 Å². The van der Waals surface area contributed by atoms with E-state index in [9.17, 15) is 0 Å². The summed E-state index contributed by atoms with van der Waals surface area (Å²) < 4.78 is 5.86. The van der Waals surface area contributed by atoms with Gasteiger partial charge in [-0.3, -0.25) is 0 Å². The molecule has 3 nitrogen and oxygen atoms in total. The van der Waals surface area contributed by atoms with E-state index in [0.717, 1.165) is 25.0 Å². The molecule has 0 atom stereocenters. The van der Waals surface area contributed by atoms with E-state index in [0.29, 0.717) is 0 Å². The Kier molecular flexibility index (Phi) is 10.7. The van der Waals surface area contributed by atoms with E-state index in [1.807, 2.05) is 0 Å². The maximum absolute atomic E-state index is 5.86. The third-order valence-corrected chi connectivity index (χ3v) is 3.62. The van der Waals surface area contributed by atoms with Crippen LogP contribution in [0.5, 0.6) is 0 Å². The second-order valence-corrected chi connectivity index (χ2v) is 4.92. The number of rotatable bonds is 4. The van der Waals surface area contributed by atoms with Gasteiger partial charge in [0, 0.05) is 13.2 Å². The normalized spacial score (nSPS) is 22.6. The van der Waals surface area contributed by atoms with Crippen molar-refractivity contribution in [2.24, 2.45) is 11.8 Å². The van der Waals surface area contributed by atoms with Gasteiger partial charge in [-0.05, 0) is 63.7 Å². The fraction of sp³-hybridized carbons (Fsp3) is 1.00. The van der Waals surface area contributed by atoms with Crippen LogP contribution in [0.25, 0.3) is 0 Å². The summed E-state index contributed by atoms with van der Waals surface area (Å²) in [5.41, 5.74) is 0. The van der Waals surface area contributed by atoms with Gasteiger partial charge < -0.3 is 15.4 Å². The van der Waals surface area contributed by atoms with Crippen molar-refractivity contribution in [2.45, 2.75) is 25.7 Å². The van der Waals surface area contributed by atoms with Gasteiger partial charge in [-0.1, -0.05) is 0 Å². The van der Waals surface area contributed by atoms with Crippen molar-refractivity contribution < 1.29 is 4.74 Å². The predicted octanol–water partition coefficient (Wildman–Crippen LogP) is 1.85. The van der Waals surface area contributed by atoms with Gasteiger partial charge in [0.2, 0.25) is 0 Å². The summed E-state index contributed by atoms with van der Waals surface area (Å²) in [5.74, 6) is 1.63. The van der Waals surface area contributed by atoms with Crippen LogP contribution in [0.15, 0.2) is 0 Å². The number of ether oxygens (including phenoxy) is 1. The Morgan fingerprint density at radius 2 is 1.06 bits per heavy atom. The molecule has 2 N–H and O–H groups in total. The molecule has 2 saturated heterocycles. The Hall–Kier alpha value is 0.460. The van der Waals surface area contributed by atoms with Crippen LogP contribution in [-0.2, 0) is 4.74 Å². The van der Waals surface area contributed by atoms with Gasteiger partial charge in [-0.15, -0.1) is 24.8 Å². The molecule has 5 heteroatoms. The largest absolute Gasteiger partial charge is 0.381 e. The van der Waals surface area contributed by atoms with Crippen LogP contribution in [0.2, 0.25) is 0 Å². The highest BCUT2D eigenvalue weighted by Gasteiger charge is 2.16. The minimum Gasteiger partial charge on any atom is -0.381 e. The lowest BCUT2D eigenvalue weighted by atomic mass is 9.98. The van der Waals surface area contributed by atoms with Gasteiger partial charge in [-0.2, -0.15) is 0 Å². The summed E-state index contributed by atoms with van der Waals surface area (Å²) in [5, 5.41) is 6.78. The van der Waals surface area contributed by atoms with Crippen LogP contribution in [0, 0.1) is 11.8 Å². The monoisotopic (exact) mass is 284 g/mol. The number of hydrogen-bond acceptors (Lipinski definition) is 3. The van der Waals surface area contributed by atoms with Gasteiger partial charge in [0.1, 0.15) is 0 Å². The Labute approximate surface area is 117 Å². The molecule has 2 fully saturated rings. The third-order valence-electron chi connectivity index (χ3n) is 3.62. The molecule has 0 aromatic heterocycles. The fourth-order valence-electron chi connectivity index (χ4n) is 2.50. The first kappa shape index (κ1) is 17.5. The average molecular weight is 285 g/mol. The smallest absolute Gasteiger partial charge is 0.0495 e. The van der Waals surface area contributed by atoms with Crippen LogP contribution >= 0.6 is 24.8 Å². The predicted molar refractivity (Wildman–Crippen MR) is 76.5 cm³/mol. The Morgan fingerprint density at radius 3 is 1.41 bits per heavy atom. The zero-order valence-corrected chi connectivity index (χ0v) is 12.1. The maximum Gasteiger partial charge on any atom is 0.0495 e. The minimum atomic E-state index is 0. The topological polar surface area (TPSA) is 33.3 Å². The Bertz CT molecular complexity index is 154. The van der Waals surface area contributed by atoms with Gasteiger partial charge >= 0.3 is 0 Å². The van der Waals surface area contributed by atoms with Crippen LogP contribution in [-0.4, -0.2) is 39.4 Å². The summed E-state index contributed by atoms with van der Waals surface area (Å²) in [6, 6.07) is 0. The highest BCUT2D eigenvalue weighted by Crippen LogP contribution is 2.15. The standard InChI is InChI=1S/C12H24N2O.2ClH/c1-5-13-6-2-11(1)9-15-10-12-3-7-14-8-4-12;;/h11-14H,1-10H2;2*1H. The first-order valence-corrected chi connectivity index (χ1v) is 6.44. The molecule has 0 aromatic carbocycles. The van der Waals surface area contributed by atoms with Crippen molar-refractivity contribution in [1.82, 2.24) is 10.6 Å². The lowest BCUT2D eigenvalue weighted by molar-refractivity contribution is 0.0545. The highest BCUT2D eigenvalue weighted by molar-refractivity contribution is 5.85. The molecule has 0 aliphatic carbocycles. The van der Waals surface area contributed by atoms with Gasteiger partial charge in [0.15, 0.2) is 0 Å². The SMILES string of the molecule is C1CC(COCC2CCNCC2)CCN1.Cl.Cl. The zero-order valence-electron chi connectivity index (χ0n) is 10.5. The lowest BCUT2D eigenvalue weighted by Crippen LogP contribution is -2.32. The van der Waals surface area contributed by atoms with Crippen molar-refractivity contribution in [1.29, 1.82) is 0 Å². The quantitative estimate of drug-likeness (QED) is 0.827.